The molecule has 0 aliphatic carbocycles. The van der Waals surface area contributed by atoms with E-state index in [1.807, 2.05) is 42.7 Å². The van der Waals surface area contributed by atoms with Gasteiger partial charge in [-0.05, 0) is 51.1 Å². The van der Waals surface area contributed by atoms with E-state index in [1.54, 1.807) is 6.07 Å². The molecule has 1 aromatic heterocycles. The molecule has 1 atom stereocenters. The third kappa shape index (κ3) is 3.22. The topological polar surface area (TPSA) is 71.3 Å². The highest BCUT2D eigenvalue weighted by Gasteiger charge is 2.20. The van der Waals surface area contributed by atoms with Gasteiger partial charge in [0.2, 0.25) is 0 Å². The van der Waals surface area contributed by atoms with Crippen LogP contribution in [0.2, 0.25) is 0 Å². The summed E-state index contributed by atoms with van der Waals surface area (Å²) < 4.78 is 2.94. The number of amides is 1. The van der Waals surface area contributed by atoms with E-state index < -0.39 is 12.0 Å². The van der Waals surface area contributed by atoms with Crippen molar-refractivity contribution < 1.29 is 14.7 Å². The second-order valence-electron chi connectivity index (χ2n) is 5.13. The van der Waals surface area contributed by atoms with Gasteiger partial charge in [0, 0.05) is 21.5 Å². The normalized spacial score (nSPS) is 12.0. The van der Waals surface area contributed by atoms with Crippen molar-refractivity contribution in [1.82, 2.24) is 9.88 Å². The molecule has 0 aliphatic rings. The predicted octanol–water partition coefficient (Wildman–Crippen LogP) is 3.06. The molecule has 0 fully saturated rings. The smallest absolute Gasteiger partial charge is 0.325 e. The molecule has 2 aromatic rings. The monoisotopic (exact) mass is 364 g/mol. The molecule has 0 aliphatic heterocycles. The van der Waals surface area contributed by atoms with Crippen molar-refractivity contribution in [3.8, 4) is 5.69 Å². The number of halogens is 1. The van der Waals surface area contributed by atoms with Crippen LogP contribution in [0.3, 0.4) is 0 Å². The molecule has 0 spiro atoms. The summed E-state index contributed by atoms with van der Waals surface area (Å²) in [6.07, 6.45) is 0. The zero-order valence-electron chi connectivity index (χ0n) is 12.6. The average molecular weight is 365 g/mol. The summed E-state index contributed by atoms with van der Waals surface area (Å²) in [7, 11) is 0. The number of carbonyl (C=O) groups excluding carboxylic acids is 1. The molecule has 0 unspecified atom stereocenters. The SMILES string of the molecule is Cc1cc(C(=O)N[C@@H](C)C(=O)O)c(C)n1-c1ccc(Br)cc1. The Morgan fingerprint density at radius 1 is 1.23 bits per heavy atom. The fourth-order valence-corrected chi connectivity index (χ4v) is 2.58. The van der Waals surface area contributed by atoms with Crippen LogP contribution in [0.5, 0.6) is 0 Å². The zero-order chi connectivity index (χ0) is 16.4. The number of aromatic nitrogens is 1. The van der Waals surface area contributed by atoms with E-state index in [4.69, 9.17) is 5.11 Å². The molecule has 5 nitrogen and oxygen atoms in total. The van der Waals surface area contributed by atoms with Crippen LogP contribution in [0, 0.1) is 13.8 Å². The van der Waals surface area contributed by atoms with Crippen molar-refractivity contribution in [2.45, 2.75) is 26.8 Å². The van der Waals surface area contributed by atoms with Gasteiger partial charge in [0.1, 0.15) is 6.04 Å². The predicted molar refractivity (Wildman–Crippen MR) is 87.5 cm³/mol. The van der Waals surface area contributed by atoms with E-state index in [2.05, 4.69) is 21.2 Å². The van der Waals surface area contributed by atoms with E-state index in [0.717, 1.165) is 21.5 Å². The number of carbonyl (C=O) groups is 2. The summed E-state index contributed by atoms with van der Waals surface area (Å²) in [5.74, 6) is -1.44. The summed E-state index contributed by atoms with van der Waals surface area (Å²) in [5.41, 5.74) is 3.11. The highest BCUT2D eigenvalue weighted by Crippen LogP contribution is 2.22. The molecule has 2 rings (SSSR count). The largest absolute Gasteiger partial charge is 0.480 e. The Kier molecular flexibility index (Phi) is 4.71. The van der Waals surface area contributed by atoms with Gasteiger partial charge in [0.25, 0.3) is 5.91 Å². The third-order valence-corrected chi connectivity index (χ3v) is 4.01. The highest BCUT2D eigenvalue weighted by atomic mass is 79.9. The van der Waals surface area contributed by atoms with Crippen LogP contribution < -0.4 is 5.32 Å². The van der Waals surface area contributed by atoms with E-state index >= 15 is 0 Å². The summed E-state index contributed by atoms with van der Waals surface area (Å²) in [5, 5.41) is 11.4. The van der Waals surface area contributed by atoms with Crippen LogP contribution in [0.15, 0.2) is 34.8 Å². The number of hydrogen-bond acceptors (Lipinski definition) is 2. The second kappa shape index (κ2) is 6.36. The second-order valence-corrected chi connectivity index (χ2v) is 6.05. The number of nitrogens with one attached hydrogen (secondary N) is 1. The number of carboxylic acid groups (broad SMARTS) is 1. The lowest BCUT2D eigenvalue weighted by atomic mass is 10.2. The molecule has 0 radical (unpaired) electrons. The third-order valence-electron chi connectivity index (χ3n) is 3.48. The van der Waals surface area contributed by atoms with E-state index in [9.17, 15) is 9.59 Å². The Labute approximate surface area is 137 Å². The van der Waals surface area contributed by atoms with Gasteiger partial charge >= 0.3 is 5.97 Å². The molecule has 2 N–H and O–H groups in total. The maximum atomic E-state index is 12.2. The number of aliphatic carboxylic acids is 1. The van der Waals surface area contributed by atoms with Crippen molar-refractivity contribution >= 4 is 27.8 Å². The standard InChI is InChI=1S/C16H17BrN2O3/c1-9-8-14(15(20)18-10(2)16(21)22)11(3)19(9)13-6-4-12(17)5-7-13/h4-8,10H,1-3H3,(H,18,20)(H,21,22)/t10-/m0/s1. The molecule has 0 saturated heterocycles. The van der Waals surface area contributed by atoms with Crippen LogP contribution in [0.1, 0.15) is 28.7 Å². The van der Waals surface area contributed by atoms with Gasteiger partial charge in [0.05, 0.1) is 5.56 Å². The molecule has 116 valence electrons. The number of hydrogen-bond donors (Lipinski definition) is 2. The summed E-state index contributed by atoms with van der Waals surface area (Å²) in [4.78, 5) is 23.1. The van der Waals surface area contributed by atoms with E-state index in [1.165, 1.54) is 6.92 Å². The van der Waals surface area contributed by atoms with Gasteiger partial charge in [-0.15, -0.1) is 0 Å². The number of nitrogens with zero attached hydrogens (tertiary/aromatic N) is 1. The Balaban J connectivity index is 2.37. The maximum absolute atomic E-state index is 12.2. The summed E-state index contributed by atoms with van der Waals surface area (Å²) in [6, 6.07) is 8.60. The Morgan fingerprint density at radius 3 is 2.36 bits per heavy atom. The van der Waals surface area contributed by atoms with Crippen molar-refractivity contribution in [1.29, 1.82) is 0 Å². The lowest BCUT2D eigenvalue weighted by Gasteiger charge is -2.11. The van der Waals surface area contributed by atoms with Crippen LogP contribution in [-0.4, -0.2) is 27.6 Å². The molecular weight excluding hydrogens is 348 g/mol. The van der Waals surface area contributed by atoms with Gasteiger partial charge < -0.3 is 15.0 Å². The van der Waals surface area contributed by atoms with Crippen molar-refractivity contribution in [2.75, 3.05) is 0 Å². The number of benzene rings is 1. The lowest BCUT2D eigenvalue weighted by Crippen LogP contribution is -2.38. The Bertz CT molecular complexity index is 720. The quantitative estimate of drug-likeness (QED) is 0.875. The zero-order valence-corrected chi connectivity index (χ0v) is 14.1. The van der Waals surface area contributed by atoms with Gasteiger partial charge in [0.15, 0.2) is 0 Å². The first-order chi connectivity index (χ1) is 10.3. The van der Waals surface area contributed by atoms with Crippen molar-refractivity contribution in [3.05, 3.63) is 51.8 Å². The van der Waals surface area contributed by atoms with Gasteiger partial charge in [-0.2, -0.15) is 0 Å². The van der Waals surface area contributed by atoms with Gasteiger partial charge in [-0.1, -0.05) is 15.9 Å². The molecule has 0 bridgehead atoms. The van der Waals surface area contributed by atoms with Crippen molar-refractivity contribution in [3.63, 3.8) is 0 Å². The first-order valence-corrected chi connectivity index (χ1v) is 7.59. The van der Waals surface area contributed by atoms with Crippen LogP contribution >= 0.6 is 15.9 Å². The molecule has 6 heteroatoms. The molecule has 0 saturated carbocycles. The minimum Gasteiger partial charge on any atom is -0.480 e. The number of carboxylic acids is 1. The molecule has 1 amide bonds. The van der Waals surface area contributed by atoms with Crippen LogP contribution in [0.4, 0.5) is 0 Å². The molecular formula is C16H17BrN2O3. The highest BCUT2D eigenvalue weighted by molar-refractivity contribution is 9.10. The fourth-order valence-electron chi connectivity index (χ4n) is 2.32. The summed E-state index contributed by atoms with van der Waals surface area (Å²) >= 11 is 3.40. The van der Waals surface area contributed by atoms with Crippen molar-refractivity contribution in [2.24, 2.45) is 0 Å². The molecule has 1 heterocycles. The van der Waals surface area contributed by atoms with Gasteiger partial charge in [-0.3, -0.25) is 9.59 Å². The summed E-state index contributed by atoms with van der Waals surface area (Å²) in [6.45, 7) is 5.19. The van der Waals surface area contributed by atoms with E-state index in [-0.39, 0.29) is 5.91 Å². The number of aryl methyl sites for hydroxylation is 1. The maximum Gasteiger partial charge on any atom is 0.325 e. The molecule has 22 heavy (non-hydrogen) atoms. The van der Waals surface area contributed by atoms with Gasteiger partial charge in [-0.25, -0.2) is 0 Å². The lowest BCUT2D eigenvalue weighted by molar-refractivity contribution is -0.138. The minimum atomic E-state index is -1.06. The average Bonchev–Trinajstić information content (AvgIpc) is 2.75. The molecule has 1 aromatic carbocycles. The first-order valence-electron chi connectivity index (χ1n) is 6.80. The van der Waals surface area contributed by atoms with Crippen LogP contribution in [0.25, 0.3) is 5.69 Å². The fraction of sp³-hybridized carbons (Fsp3) is 0.250. The minimum absolute atomic E-state index is 0.383. The van der Waals surface area contributed by atoms with Crippen LogP contribution in [-0.2, 0) is 4.79 Å². The Hall–Kier alpha value is -2.08. The van der Waals surface area contributed by atoms with E-state index in [0.29, 0.717) is 5.56 Å². The first kappa shape index (κ1) is 16.3. The number of rotatable bonds is 4. The Morgan fingerprint density at radius 2 is 1.82 bits per heavy atom.